The van der Waals surface area contributed by atoms with Crippen LogP contribution in [0.2, 0.25) is 0 Å². The summed E-state index contributed by atoms with van der Waals surface area (Å²) in [6, 6.07) is 9.46. The molecule has 1 aromatic rings. The van der Waals surface area contributed by atoms with Crippen molar-refractivity contribution in [3.05, 3.63) is 24.3 Å². The Hall–Kier alpha value is -2.04. The van der Waals surface area contributed by atoms with Crippen LogP contribution >= 0.6 is 0 Å². The van der Waals surface area contributed by atoms with Crippen LogP contribution in [-0.2, 0) is 18.8 Å². The first-order valence-electron chi connectivity index (χ1n) is 8.34. The average Bonchev–Trinajstić information content (AvgIpc) is 2.53. The first-order valence-corrected chi connectivity index (χ1v) is 8.34. The standard InChI is InChI=1S/C18H24BNO5/c1-18(2,3)23-17(21)12-16-11-15(9-10-20)24-19(25-16)13-5-7-14(22-4)8-6-13/h5-8,15-16H,9,11-12H2,1-4H3/t15-,16+/m1/s1. The van der Waals surface area contributed by atoms with Crippen molar-refractivity contribution in [1.82, 2.24) is 0 Å². The fourth-order valence-electron chi connectivity index (χ4n) is 2.64. The van der Waals surface area contributed by atoms with Gasteiger partial charge in [-0.15, -0.1) is 0 Å². The number of nitriles is 1. The van der Waals surface area contributed by atoms with Crippen LogP contribution in [0.3, 0.4) is 0 Å². The first-order chi connectivity index (χ1) is 11.8. The van der Waals surface area contributed by atoms with Crippen LogP contribution in [0.15, 0.2) is 24.3 Å². The van der Waals surface area contributed by atoms with Crippen LogP contribution in [0.25, 0.3) is 0 Å². The summed E-state index contributed by atoms with van der Waals surface area (Å²) in [5.41, 5.74) is 0.279. The van der Waals surface area contributed by atoms with Crippen LogP contribution in [0.5, 0.6) is 5.75 Å². The molecule has 0 radical (unpaired) electrons. The van der Waals surface area contributed by atoms with E-state index >= 15 is 0 Å². The number of nitrogens with zero attached hydrogens (tertiary/aromatic N) is 1. The van der Waals surface area contributed by atoms with E-state index < -0.39 is 12.7 Å². The minimum atomic E-state index is -0.620. The molecule has 2 rings (SSSR count). The van der Waals surface area contributed by atoms with Gasteiger partial charge in [-0.3, -0.25) is 4.79 Å². The summed E-state index contributed by atoms with van der Waals surface area (Å²) in [6.07, 6.45) is 0.238. The van der Waals surface area contributed by atoms with Crippen molar-refractivity contribution in [3.8, 4) is 11.8 Å². The normalized spacial score (nSPS) is 20.7. The number of methoxy groups -OCH3 is 1. The Morgan fingerprint density at radius 2 is 1.92 bits per heavy atom. The van der Waals surface area contributed by atoms with Gasteiger partial charge in [0.1, 0.15) is 11.4 Å². The van der Waals surface area contributed by atoms with Gasteiger partial charge in [0, 0.05) is 0 Å². The summed E-state index contributed by atoms with van der Waals surface area (Å²) < 4.78 is 22.3. The number of rotatable bonds is 5. The Morgan fingerprint density at radius 1 is 1.28 bits per heavy atom. The molecule has 134 valence electrons. The lowest BCUT2D eigenvalue weighted by molar-refractivity contribution is -0.157. The topological polar surface area (TPSA) is 77.8 Å². The molecule has 0 spiro atoms. The summed E-state index contributed by atoms with van der Waals surface area (Å²) in [5.74, 6) is 0.419. The van der Waals surface area contributed by atoms with E-state index in [-0.39, 0.29) is 31.0 Å². The predicted molar refractivity (Wildman–Crippen MR) is 93.4 cm³/mol. The number of hydrogen-bond donors (Lipinski definition) is 0. The predicted octanol–water partition coefficient (Wildman–Crippen LogP) is 2.21. The highest BCUT2D eigenvalue weighted by Gasteiger charge is 2.37. The van der Waals surface area contributed by atoms with E-state index in [4.69, 9.17) is 24.0 Å². The molecule has 1 aromatic carbocycles. The molecular weight excluding hydrogens is 321 g/mol. The zero-order chi connectivity index (χ0) is 18.4. The van der Waals surface area contributed by atoms with Gasteiger partial charge in [0.05, 0.1) is 38.2 Å². The quantitative estimate of drug-likeness (QED) is 0.601. The van der Waals surface area contributed by atoms with Crippen LogP contribution < -0.4 is 10.2 Å². The monoisotopic (exact) mass is 345 g/mol. The van der Waals surface area contributed by atoms with Gasteiger partial charge in [-0.25, -0.2) is 0 Å². The molecule has 1 saturated heterocycles. The summed E-state index contributed by atoms with van der Waals surface area (Å²) >= 11 is 0. The summed E-state index contributed by atoms with van der Waals surface area (Å²) in [5, 5.41) is 8.99. The van der Waals surface area contributed by atoms with E-state index in [1.807, 2.05) is 45.0 Å². The van der Waals surface area contributed by atoms with Crippen molar-refractivity contribution < 1.29 is 23.6 Å². The number of carbonyl (C=O) groups is 1. The third-order valence-electron chi connectivity index (χ3n) is 3.68. The molecule has 0 aromatic heterocycles. The maximum atomic E-state index is 12.1. The third kappa shape index (κ3) is 6.07. The number of ether oxygens (including phenoxy) is 2. The molecule has 25 heavy (non-hydrogen) atoms. The Balaban J connectivity index is 2.07. The largest absolute Gasteiger partial charge is 0.497 e. The van der Waals surface area contributed by atoms with E-state index in [9.17, 15) is 4.79 Å². The van der Waals surface area contributed by atoms with Gasteiger partial charge in [0.25, 0.3) is 0 Å². The number of hydrogen-bond acceptors (Lipinski definition) is 6. The number of esters is 1. The van der Waals surface area contributed by atoms with Crippen molar-refractivity contribution >= 4 is 18.6 Å². The second kappa shape index (κ2) is 8.37. The zero-order valence-electron chi connectivity index (χ0n) is 15.2. The van der Waals surface area contributed by atoms with Gasteiger partial charge < -0.3 is 18.8 Å². The van der Waals surface area contributed by atoms with E-state index in [0.717, 1.165) is 11.2 Å². The zero-order valence-corrected chi connectivity index (χ0v) is 15.2. The van der Waals surface area contributed by atoms with Gasteiger partial charge in [-0.2, -0.15) is 5.26 Å². The maximum absolute atomic E-state index is 12.1. The first kappa shape index (κ1) is 19.3. The fourth-order valence-corrected chi connectivity index (χ4v) is 2.64. The molecule has 0 unspecified atom stereocenters. The summed E-state index contributed by atoms with van der Waals surface area (Å²) in [7, 11) is 0.980. The molecule has 1 heterocycles. The van der Waals surface area contributed by atoms with Gasteiger partial charge in [0.15, 0.2) is 0 Å². The average molecular weight is 345 g/mol. The van der Waals surface area contributed by atoms with Crippen molar-refractivity contribution in [2.45, 2.75) is 57.8 Å². The summed E-state index contributed by atoms with van der Waals surface area (Å²) in [4.78, 5) is 12.1. The Labute approximate surface area is 149 Å². The molecule has 0 amide bonds. The molecule has 6 nitrogen and oxygen atoms in total. The molecule has 7 heteroatoms. The number of carbonyl (C=O) groups excluding carboxylic acids is 1. The molecular formula is C18H24BNO5. The van der Waals surface area contributed by atoms with Crippen LogP contribution in [0.1, 0.15) is 40.0 Å². The second-order valence-corrected chi connectivity index (χ2v) is 7.01. The lowest BCUT2D eigenvalue weighted by Gasteiger charge is -2.33. The van der Waals surface area contributed by atoms with Gasteiger partial charge in [-0.1, -0.05) is 12.1 Å². The maximum Gasteiger partial charge on any atom is 0.494 e. The molecule has 0 aliphatic carbocycles. The highest BCUT2D eigenvalue weighted by molar-refractivity contribution is 6.61. The SMILES string of the molecule is COc1ccc(B2O[C@H](CC#N)C[C@@H](CC(=O)OC(C)(C)C)O2)cc1. The van der Waals surface area contributed by atoms with E-state index in [2.05, 4.69) is 6.07 Å². The highest BCUT2D eigenvalue weighted by atomic mass is 16.6. The van der Waals surface area contributed by atoms with Crippen LogP contribution in [0.4, 0.5) is 0 Å². The smallest absolute Gasteiger partial charge is 0.494 e. The number of benzene rings is 1. The minimum absolute atomic E-state index is 0.134. The van der Waals surface area contributed by atoms with Gasteiger partial charge in [0.2, 0.25) is 0 Å². The lowest BCUT2D eigenvalue weighted by atomic mass is 9.76. The molecule has 0 N–H and O–H groups in total. The van der Waals surface area contributed by atoms with Crippen molar-refractivity contribution in [2.75, 3.05) is 7.11 Å². The molecule has 0 bridgehead atoms. The molecule has 1 aliphatic rings. The second-order valence-electron chi connectivity index (χ2n) is 7.01. The van der Waals surface area contributed by atoms with Crippen LogP contribution in [-0.4, -0.2) is 38.0 Å². The van der Waals surface area contributed by atoms with Crippen molar-refractivity contribution in [2.24, 2.45) is 0 Å². The molecule has 2 atom stereocenters. The van der Waals surface area contributed by atoms with E-state index in [0.29, 0.717) is 6.42 Å². The third-order valence-corrected chi connectivity index (χ3v) is 3.68. The molecule has 0 saturated carbocycles. The fraction of sp³-hybridized carbons (Fsp3) is 0.556. The van der Waals surface area contributed by atoms with E-state index in [1.54, 1.807) is 7.11 Å². The van der Waals surface area contributed by atoms with Gasteiger partial charge in [-0.05, 0) is 44.8 Å². The molecule has 1 aliphatic heterocycles. The molecule has 1 fully saturated rings. The van der Waals surface area contributed by atoms with Crippen LogP contribution in [0, 0.1) is 11.3 Å². The summed E-state index contributed by atoms with van der Waals surface area (Å²) in [6.45, 7) is 5.48. The minimum Gasteiger partial charge on any atom is -0.497 e. The van der Waals surface area contributed by atoms with Crippen molar-refractivity contribution in [3.63, 3.8) is 0 Å². The Kier molecular flexibility index (Phi) is 6.46. The highest BCUT2D eigenvalue weighted by Crippen LogP contribution is 2.23. The lowest BCUT2D eigenvalue weighted by Crippen LogP contribution is -2.49. The van der Waals surface area contributed by atoms with Crippen molar-refractivity contribution in [1.29, 1.82) is 5.26 Å². The van der Waals surface area contributed by atoms with Gasteiger partial charge >= 0.3 is 13.1 Å². The van der Waals surface area contributed by atoms with E-state index in [1.165, 1.54) is 0 Å². The Bertz CT molecular complexity index is 620. The Morgan fingerprint density at radius 3 is 2.48 bits per heavy atom.